The van der Waals surface area contributed by atoms with Crippen molar-refractivity contribution < 1.29 is 9.47 Å². The Hall–Kier alpha value is -0.340. The van der Waals surface area contributed by atoms with Gasteiger partial charge in [0, 0.05) is 6.61 Å². The minimum Gasteiger partial charge on any atom is -0.353 e. The van der Waals surface area contributed by atoms with E-state index in [-0.39, 0.29) is 6.29 Å². The topological polar surface area (TPSA) is 18.5 Å². The Morgan fingerprint density at radius 2 is 2.15 bits per heavy atom. The molecule has 0 bridgehead atoms. The zero-order valence-electron chi connectivity index (χ0n) is 9.08. The van der Waals surface area contributed by atoms with E-state index >= 15 is 0 Å². The number of hydrogen-bond donors (Lipinski definition) is 0. The Balaban J connectivity index is 0.000000671. The predicted molar refractivity (Wildman–Crippen MR) is 55.7 cm³/mol. The summed E-state index contributed by atoms with van der Waals surface area (Å²) in [6.45, 7) is 7.53. The second kappa shape index (κ2) is 9.75. The predicted octanol–water partition coefficient (Wildman–Crippen LogP) is 3.13. The molecule has 2 heteroatoms. The van der Waals surface area contributed by atoms with Crippen LogP contribution in [0.1, 0.15) is 40.0 Å². The van der Waals surface area contributed by atoms with Crippen molar-refractivity contribution in [2.45, 2.75) is 46.3 Å². The summed E-state index contributed by atoms with van der Waals surface area (Å²) in [5.41, 5.74) is 0. The van der Waals surface area contributed by atoms with E-state index in [9.17, 15) is 0 Å². The van der Waals surface area contributed by atoms with Crippen LogP contribution in [0.5, 0.6) is 0 Å². The highest BCUT2D eigenvalue weighted by molar-refractivity contribution is 4.76. The average molecular weight is 186 g/mol. The van der Waals surface area contributed by atoms with Crippen molar-refractivity contribution in [2.24, 2.45) is 0 Å². The molecule has 0 aromatic heterocycles. The third-order valence-electron chi connectivity index (χ3n) is 1.75. The summed E-state index contributed by atoms with van der Waals surface area (Å²) < 4.78 is 10.8. The van der Waals surface area contributed by atoms with Gasteiger partial charge in [-0.05, 0) is 26.2 Å². The summed E-state index contributed by atoms with van der Waals surface area (Å²) >= 11 is 0. The zero-order chi connectivity index (χ0) is 9.94. The van der Waals surface area contributed by atoms with Crippen LogP contribution in [0.4, 0.5) is 0 Å². The maximum atomic E-state index is 5.41. The van der Waals surface area contributed by atoms with E-state index in [1.165, 1.54) is 12.8 Å². The summed E-state index contributed by atoms with van der Waals surface area (Å²) in [5.74, 6) is 0. The maximum absolute atomic E-state index is 5.41. The van der Waals surface area contributed by atoms with Crippen molar-refractivity contribution in [3.8, 4) is 0 Å². The number of rotatable bonds is 3. The second-order valence-corrected chi connectivity index (χ2v) is 2.70. The highest BCUT2D eigenvalue weighted by Crippen LogP contribution is 2.13. The van der Waals surface area contributed by atoms with Crippen molar-refractivity contribution in [1.82, 2.24) is 0 Å². The zero-order valence-corrected chi connectivity index (χ0v) is 9.08. The summed E-state index contributed by atoms with van der Waals surface area (Å²) in [5, 5.41) is 0. The molecule has 13 heavy (non-hydrogen) atoms. The molecule has 0 aromatic carbocycles. The van der Waals surface area contributed by atoms with Gasteiger partial charge in [0.1, 0.15) is 0 Å². The van der Waals surface area contributed by atoms with Gasteiger partial charge in [0.2, 0.25) is 0 Å². The van der Waals surface area contributed by atoms with Gasteiger partial charge in [-0.25, -0.2) is 0 Å². The number of ether oxygens (including phenoxy) is 2. The molecule has 1 aliphatic rings. The van der Waals surface area contributed by atoms with Gasteiger partial charge in [-0.1, -0.05) is 26.0 Å². The van der Waals surface area contributed by atoms with Gasteiger partial charge in [0.15, 0.2) is 6.29 Å². The monoisotopic (exact) mass is 186 g/mol. The molecule has 1 atom stereocenters. The molecule has 1 rings (SSSR count). The SMILES string of the molecule is C/C=C\COC1CCCCO1.CC. The van der Waals surface area contributed by atoms with E-state index in [1.54, 1.807) is 0 Å². The van der Waals surface area contributed by atoms with Crippen molar-refractivity contribution in [1.29, 1.82) is 0 Å². The molecule has 78 valence electrons. The molecular formula is C11H22O2. The molecule has 2 nitrogen and oxygen atoms in total. The van der Waals surface area contributed by atoms with E-state index in [0.717, 1.165) is 13.0 Å². The summed E-state index contributed by atoms with van der Waals surface area (Å²) in [6, 6.07) is 0. The fraction of sp³-hybridized carbons (Fsp3) is 0.818. The molecule has 0 saturated carbocycles. The standard InChI is InChI=1S/C9H16O2.C2H6/c1-2-3-7-10-9-6-4-5-8-11-9;1-2/h2-3,9H,4-8H2,1H3;1-2H3/b3-2-;. The fourth-order valence-electron chi connectivity index (χ4n) is 1.10. The Labute approximate surface area is 81.9 Å². The van der Waals surface area contributed by atoms with Gasteiger partial charge in [-0.2, -0.15) is 0 Å². The third kappa shape index (κ3) is 6.79. The highest BCUT2D eigenvalue weighted by atomic mass is 16.7. The van der Waals surface area contributed by atoms with Crippen LogP contribution in [0, 0.1) is 0 Å². The first-order chi connectivity index (χ1) is 6.43. The normalized spacial score (nSPS) is 22.5. The lowest BCUT2D eigenvalue weighted by Crippen LogP contribution is -2.22. The van der Waals surface area contributed by atoms with Gasteiger partial charge >= 0.3 is 0 Å². The van der Waals surface area contributed by atoms with Crippen LogP contribution in [0.25, 0.3) is 0 Å². The average Bonchev–Trinajstić information content (AvgIpc) is 2.23. The Morgan fingerprint density at radius 1 is 1.38 bits per heavy atom. The quantitative estimate of drug-likeness (QED) is 0.630. The third-order valence-corrected chi connectivity index (χ3v) is 1.75. The summed E-state index contributed by atoms with van der Waals surface area (Å²) in [7, 11) is 0. The maximum Gasteiger partial charge on any atom is 0.157 e. The van der Waals surface area contributed by atoms with E-state index in [1.807, 2.05) is 32.9 Å². The molecule has 1 fully saturated rings. The number of allylic oxidation sites excluding steroid dienone is 1. The molecule has 0 amide bonds. The van der Waals surface area contributed by atoms with E-state index in [2.05, 4.69) is 0 Å². The second-order valence-electron chi connectivity index (χ2n) is 2.70. The van der Waals surface area contributed by atoms with Gasteiger partial charge in [-0.15, -0.1) is 0 Å². The molecule has 1 unspecified atom stereocenters. The van der Waals surface area contributed by atoms with E-state index in [0.29, 0.717) is 6.61 Å². The van der Waals surface area contributed by atoms with Crippen LogP contribution in [0.3, 0.4) is 0 Å². The van der Waals surface area contributed by atoms with Crippen LogP contribution >= 0.6 is 0 Å². The Kier molecular flexibility index (Phi) is 9.49. The molecule has 0 N–H and O–H groups in total. The van der Waals surface area contributed by atoms with Crippen LogP contribution in [-0.2, 0) is 9.47 Å². The Morgan fingerprint density at radius 3 is 2.69 bits per heavy atom. The highest BCUT2D eigenvalue weighted by Gasteiger charge is 2.12. The molecule has 1 aliphatic heterocycles. The minimum atomic E-state index is 0.0555. The summed E-state index contributed by atoms with van der Waals surface area (Å²) in [4.78, 5) is 0. The first-order valence-electron chi connectivity index (χ1n) is 5.28. The number of hydrogen-bond acceptors (Lipinski definition) is 2. The Bertz CT molecular complexity index is 115. The van der Waals surface area contributed by atoms with Crippen molar-refractivity contribution in [3.63, 3.8) is 0 Å². The van der Waals surface area contributed by atoms with E-state index in [4.69, 9.17) is 9.47 Å². The molecule has 0 spiro atoms. The smallest absolute Gasteiger partial charge is 0.157 e. The minimum absolute atomic E-state index is 0.0555. The molecular weight excluding hydrogens is 164 g/mol. The van der Waals surface area contributed by atoms with Crippen LogP contribution < -0.4 is 0 Å². The van der Waals surface area contributed by atoms with Gasteiger partial charge < -0.3 is 9.47 Å². The largest absolute Gasteiger partial charge is 0.353 e. The molecule has 0 radical (unpaired) electrons. The van der Waals surface area contributed by atoms with Crippen molar-refractivity contribution in [3.05, 3.63) is 12.2 Å². The molecule has 1 saturated heterocycles. The van der Waals surface area contributed by atoms with E-state index < -0.39 is 0 Å². The van der Waals surface area contributed by atoms with Crippen LogP contribution in [-0.4, -0.2) is 19.5 Å². The lowest BCUT2D eigenvalue weighted by molar-refractivity contribution is -0.155. The van der Waals surface area contributed by atoms with Gasteiger partial charge in [0.25, 0.3) is 0 Å². The van der Waals surface area contributed by atoms with Crippen molar-refractivity contribution >= 4 is 0 Å². The first-order valence-corrected chi connectivity index (χ1v) is 5.28. The van der Waals surface area contributed by atoms with Crippen LogP contribution in [0.15, 0.2) is 12.2 Å². The lowest BCUT2D eigenvalue weighted by atomic mass is 10.2. The molecule has 0 aromatic rings. The fourth-order valence-corrected chi connectivity index (χ4v) is 1.10. The molecule has 1 heterocycles. The first kappa shape index (κ1) is 12.7. The molecule has 0 aliphatic carbocycles. The van der Waals surface area contributed by atoms with Gasteiger partial charge in [-0.3, -0.25) is 0 Å². The summed E-state index contributed by atoms with van der Waals surface area (Å²) in [6.07, 6.45) is 7.52. The van der Waals surface area contributed by atoms with Crippen LogP contribution in [0.2, 0.25) is 0 Å². The van der Waals surface area contributed by atoms with Gasteiger partial charge in [0.05, 0.1) is 6.61 Å². The lowest BCUT2D eigenvalue weighted by Gasteiger charge is -2.21. The van der Waals surface area contributed by atoms with Crippen molar-refractivity contribution in [2.75, 3.05) is 13.2 Å².